The number of hydrogen-bond donors (Lipinski definition) is 3. The molecule has 0 aliphatic rings. The molecule has 0 saturated heterocycles. The number of aromatic amines is 1. The summed E-state index contributed by atoms with van der Waals surface area (Å²) in [4.78, 5) is 3.27. The molecule has 3 nitrogen and oxygen atoms in total. The van der Waals surface area contributed by atoms with Crippen molar-refractivity contribution in [1.82, 2.24) is 10.3 Å². The molecule has 3 rings (SSSR count). The summed E-state index contributed by atoms with van der Waals surface area (Å²) in [6, 6.07) is 15.7. The SMILES string of the molecule is C=CCNC(O)C(c1cccc(Cl)c1)c1c[nH]c2ccccc12. The number of fused-ring (bicyclic) bond motifs is 1. The average molecular weight is 327 g/mol. The van der Waals surface area contributed by atoms with Crippen LogP contribution in [-0.4, -0.2) is 22.9 Å². The third kappa shape index (κ3) is 3.32. The first-order valence-electron chi connectivity index (χ1n) is 7.54. The fourth-order valence-corrected chi connectivity index (χ4v) is 3.10. The number of nitrogens with one attached hydrogen (secondary N) is 2. The molecule has 1 heterocycles. The zero-order chi connectivity index (χ0) is 16.2. The Morgan fingerprint density at radius 3 is 2.83 bits per heavy atom. The highest BCUT2D eigenvalue weighted by Gasteiger charge is 2.25. The van der Waals surface area contributed by atoms with Gasteiger partial charge in [0.1, 0.15) is 6.23 Å². The molecular weight excluding hydrogens is 308 g/mol. The summed E-state index contributed by atoms with van der Waals surface area (Å²) in [6.45, 7) is 4.22. The smallest absolute Gasteiger partial charge is 0.116 e. The van der Waals surface area contributed by atoms with Gasteiger partial charge in [-0.1, -0.05) is 48.0 Å². The van der Waals surface area contributed by atoms with Gasteiger partial charge in [0, 0.05) is 28.7 Å². The molecule has 118 valence electrons. The quantitative estimate of drug-likeness (QED) is 0.473. The molecule has 0 radical (unpaired) electrons. The second kappa shape index (κ2) is 7.01. The number of H-pyrrole nitrogens is 1. The van der Waals surface area contributed by atoms with E-state index in [1.807, 2.05) is 48.7 Å². The molecule has 2 aromatic carbocycles. The van der Waals surface area contributed by atoms with Crippen molar-refractivity contribution in [2.24, 2.45) is 0 Å². The highest BCUT2D eigenvalue weighted by atomic mass is 35.5. The van der Waals surface area contributed by atoms with Gasteiger partial charge in [0.2, 0.25) is 0 Å². The van der Waals surface area contributed by atoms with Gasteiger partial charge in [-0.3, -0.25) is 5.32 Å². The topological polar surface area (TPSA) is 48.0 Å². The van der Waals surface area contributed by atoms with Crippen LogP contribution < -0.4 is 5.32 Å². The predicted octanol–water partition coefficient (Wildman–Crippen LogP) is 4.05. The zero-order valence-electron chi connectivity index (χ0n) is 12.7. The number of rotatable bonds is 6. The van der Waals surface area contributed by atoms with E-state index in [0.717, 1.165) is 22.0 Å². The minimum Gasteiger partial charge on any atom is -0.378 e. The van der Waals surface area contributed by atoms with Gasteiger partial charge in [0.25, 0.3) is 0 Å². The van der Waals surface area contributed by atoms with E-state index in [0.29, 0.717) is 11.6 Å². The Morgan fingerprint density at radius 2 is 2.04 bits per heavy atom. The minimum atomic E-state index is -0.745. The van der Waals surface area contributed by atoms with Crippen LogP contribution in [-0.2, 0) is 0 Å². The maximum absolute atomic E-state index is 10.7. The van der Waals surface area contributed by atoms with Crippen molar-refractivity contribution in [3.63, 3.8) is 0 Å². The van der Waals surface area contributed by atoms with Gasteiger partial charge in [0.05, 0.1) is 5.92 Å². The fraction of sp³-hybridized carbons (Fsp3) is 0.158. The van der Waals surface area contributed by atoms with Crippen molar-refractivity contribution in [1.29, 1.82) is 0 Å². The van der Waals surface area contributed by atoms with Crippen molar-refractivity contribution < 1.29 is 5.11 Å². The normalized spacial score (nSPS) is 13.8. The summed E-state index contributed by atoms with van der Waals surface area (Å²) in [5.41, 5.74) is 3.05. The van der Waals surface area contributed by atoms with Gasteiger partial charge in [-0.2, -0.15) is 0 Å². The summed E-state index contributed by atoms with van der Waals surface area (Å²) >= 11 is 6.15. The number of halogens is 1. The number of aliphatic hydroxyl groups excluding tert-OH is 1. The predicted molar refractivity (Wildman–Crippen MR) is 95.8 cm³/mol. The van der Waals surface area contributed by atoms with Gasteiger partial charge in [0.15, 0.2) is 0 Å². The van der Waals surface area contributed by atoms with Gasteiger partial charge >= 0.3 is 0 Å². The molecule has 4 heteroatoms. The average Bonchev–Trinajstić information content (AvgIpc) is 2.97. The first-order chi connectivity index (χ1) is 11.2. The van der Waals surface area contributed by atoms with Gasteiger partial charge in [-0.05, 0) is 29.3 Å². The first kappa shape index (κ1) is 15.8. The fourth-order valence-electron chi connectivity index (χ4n) is 2.91. The van der Waals surface area contributed by atoms with Crippen molar-refractivity contribution >= 4 is 22.5 Å². The van der Waals surface area contributed by atoms with E-state index in [2.05, 4.69) is 22.9 Å². The summed E-state index contributed by atoms with van der Waals surface area (Å²) in [5.74, 6) is -0.232. The first-order valence-corrected chi connectivity index (χ1v) is 7.92. The van der Waals surface area contributed by atoms with Crippen molar-refractivity contribution in [3.8, 4) is 0 Å². The molecule has 0 aliphatic carbocycles. The molecule has 0 fully saturated rings. The van der Waals surface area contributed by atoms with Gasteiger partial charge in [-0.25, -0.2) is 0 Å². The van der Waals surface area contributed by atoms with Crippen LogP contribution in [0.4, 0.5) is 0 Å². The van der Waals surface area contributed by atoms with E-state index in [9.17, 15) is 5.11 Å². The van der Waals surface area contributed by atoms with Crippen LogP contribution in [0.1, 0.15) is 17.0 Å². The van der Waals surface area contributed by atoms with Crippen LogP contribution in [0.2, 0.25) is 5.02 Å². The van der Waals surface area contributed by atoms with Crippen molar-refractivity contribution in [3.05, 3.63) is 83.5 Å². The number of hydrogen-bond acceptors (Lipinski definition) is 2. The second-order valence-electron chi connectivity index (χ2n) is 5.46. The Morgan fingerprint density at radius 1 is 1.22 bits per heavy atom. The highest BCUT2D eigenvalue weighted by Crippen LogP contribution is 2.33. The second-order valence-corrected chi connectivity index (χ2v) is 5.90. The van der Waals surface area contributed by atoms with E-state index < -0.39 is 6.23 Å². The molecule has 3 aromatic rings. The molecular formula is C19H19ClN2O. The lowest BCUT2D eigenvalue weighted by molar-refractivity contribution is 0.125. The van der Waals surface area contributed by atoms with Crippen LogP contribution in [0.25, 0.3) is 10.9 Å². The number of para-hydroxylation sites is 1. The summed E-state index contributed by atoms with van der Waals surface area (Å²) in [6.07, 6.45) is 2.94. The van der Waals surface area contributed by atoms with E-state index in [1.165, 1.54) is 0 Å². The van der Waals surface area contributed by atoms with E-state index in [4.69, 9.17) is 11.6 Å². The molecule has 0 saturated carbocycles. The molecule has 2 unspecified atom stereocenters. The molecule has 0 bridgehead atoms. The molecule has 3 N–H and O–H groups in total. The van der Waals surface area contributed by atoms with Gasteiger partial charge in [-0.15, -0.1) is 6.58 Å². The molecule has 2 atom stereocenters. The monoisotopic (exact) mass is 326 g/mol. The molecule has 0 spiro atoms. The van der Waals surface area contributed by atoms with Crippen LogP contribution in [0.5, 0.6) is 0 Å². The zero-order valence-corrected chi connectivity index (χ0v) is 13.4. The van der Waals surface area contributed by atoms with Crippen LogP contribution in [0, 0.1) is 0 Å². The lowest BCUT2D eigenvalue weighted by Crippen LogP contribution is -2.35. The molecule has 0 aliphatic heterocycles. The standard InChI is InChI=1S/C19H19ClN2O/c1-2-10-21-19(23)18(13-6-5-7-14(20)11-13)16-12-22-17-9-4-3-8-15(16)17/h2-9,11-12,18-19,21-23H,1,10H2. The van der Waals surface area contributed by atoms with Crippen LogP contribution in [0.3, 0.4) is 0 Å². The summed E-state index contributed by atoms with van der Waals surface area (Å²) in [7, 11) is 0. The number of benzene rings is 2. The van der Waals surface area contributed by atoms with E-state index >= 15 is 0 Å². The van der Waals surface area contributed by atoms with E-state index in [-0.39, 0.29) is 5.92 Å². The molecule has 23 heavy (non-hydrogen) atoms. The number of aliphatic hydroxyl groups is 1. The number of aromatic nitrogens is 1. The minimum absolute atomic E-state index is 0.232. The Balaban J connectivity index is 2.09. The molecule has 1 aromatic heterocycles. The van der Waals surface area contributed by atoms with Crippen LogP contribution >= 0.6 is 11.6 Å². The van der Waals surface area contributed by atoms with Gasteiger partial charge < -0.3 is 10.1 Å². The lowest BCUT2D eigenvalue weighted by atomic mass is 9.89. The summed E-state index contributed by atoms with van der Waals surface area (Å²) in [5, 5.41) is 15.5. The Hall–Kier alpha value is -2.07. The van der Waals surface area contributed by atoms with Crippen molar-refractivity contribution in [2.45, 2.75) is 12.1 Å². The molecule has 0 amide bonds. The third-order valence-corrected chi connectivity index (χ3v) is 4.19. The maximum atomic E-state index is 10.7. The largest absolute Gasteiger partial charge is 0.378 e. The maximum Gasteiger partial charge on any atom is 0.116 e. The third-order valence-electron chi connectivity index (χ3n) is 3.95. The Kier molecular flexibility index (Phi) is 4.82. The Bertz CT molecular complexity index is 812. The van der Waals surface area contributed by atoms with Crippen LogP contribution in [0.15, 0.2) is 67.4 Å². The lowest BCUT2D eigenvalue weighted by Gasteiger charge is -2.24. The summed E-state index contributed by atoms with van der Waals surface area (Å²) < 4.78 is 0. The van der Waals surface area contributed by atoms with Crippen molar-refractivity contribution in [2.75, 3.05) is 6.54 Å². The van der Waals surface area contributed by atoms with E-state index in [1.54, 1.807) is 6.08 Å². The highest BCUT2D eigenvalue weighted by molar-refractivity contribution is 6.30. The Labute approximate surface area is 140 Å².